The fourth-order valence-corrected chi connectivity index (χ4v) is 2.08. The Labute approximate surface area is 145 Å². The highest BCUT2D eigenvalue weighted by atomic mass is 16.5. The van der Waals surface area contributed by atoms with E-state index >= 15 is 0 Å². The second-order valence-corrected chi connectivity index (χ2v) is 5.17. The van der Waals surface area contributed by atoms with Crippen molar-refractivity contribution >= 4 is 23.6 Å². The zero-order valence-electron chi connectivity index (χ0n) is 13.7. The van der Waals surface area contributed by atoms with E-state index < -0.39 is 24.0 Å². The van der Waals surface area contributed by atoms with Crippen LogP contribution in [0, 0.1) is 0 Å². The summed E-state index contributed by atoms with van der Waals surface area (Å²) in [5, 5.41) is 4.61. The van der Waals surface area contributed by atoms with Crippen LogP contribution in [-0.4, -0.2) is 24.5 Å². The van der Waals surface area contributed by atoms with Crippen molar-refractivity contribution in [2.24, 2.45) is 0 Å². The molecule has 4 N–H and O–H groups in total. The number of hydrogen-bond acceptors (Lipinski definition) is 5. The average Bonchev–Trinajstić information content (AvgIpc) is 2.61. The van der Waals surface area contributed by atoms with Crippen LogP contribution < -0.4 is 16.4 Å². The van der Waals surface area contributed by atoms with Gasteiger partial charge in [0.15, 0.2) is 0 Å². The molecular weight excluding hydrogens is 322 g/mol. The molecule has 0 aliphatic heterocycles. The van der Waals surface area contributed by atoms with E-state index in [0.717, 1.165) is 0 Å². The molecule has 0 fully saturated rings. The lowest BCUT2D eigenvalue weighted by Crippen LogP contribution is -2.42. The number of anilines is 1. The van der Waals surface area contributed by atoms with Gasteiger partial charge in [-0.1, -0.05) is 30.3 Å². The summed E-state index contributed by atoms with van der Waals surface area (Å²) in [5.74, 6) is -1.43. The van der Waals surface area contributed by atoms with E-state index in [4.69, 9.17) is 10.5 Å². The van der Waals surface area contributed by atoms with Gasteiger partial charge in [0.1, 0.15) is 0 Å². The minimum absolute atomic E-state index is 0.251. The van der Waals surface area contributed by atoms with Gasteiger partial charge < -0.3 is 15.8 Å². The number of nitrogen functional groups attached to an aromatic ring is 1. The van der Waals surface area contributed by atoms with Crippen molar-refractivity contribution in [2.45, 2.75) is 13.0 Å². The Bertz CT molecular complexity index is 745. The van der Waals surface area contributed by atoms with Crippen molar-refractivity contribution in [3.05, 3.63) is 65.7 Å². The summed E-state index contributed by atoms with van der Waals surface area (Å²) in [7, 11) is 0. The summed E-state index contributed by atoms with van der Waals surface area (Å²) in [6.07, 6.45) is -1.26. The third-order valence-corrected chi connectivity index (χ3v) is 3.29. The molecule has 0 saturated carbocycles. The van der Waals surface area contributed by atoms with Crippen LogP contribution in [-0.2, 0) is 9.53 Å². The Morgan fingerprint density at radius 3 is 2.28 bits per heavy atom. The van der Waals surface area contributed by atoms with Crippen LogP contribution in [0.25, 0.3) is 0 Å². The molecule has 0 aliphatic rings. The van der Waals surface area contributed by atoms with Crippen LogP contribution in [0.3, 0.4) is 0 Å². The highest BCUT2D eigenvalue weighted by molar-refractivity contribution is 5.99. The molecule has 0 unspecified atom stereocenters. The van der Waals surface area contributed by atoms with Crippen molar-refractivity contribution in [3.63, 3.8) is 0 Å². The Morgan fingerprint density at radius 2 is 1.68 bits per heavy atom. The molecule has 0 radical (unpaired) electrons. The molecule has 7 nitrogen and oxygen atoms in total. The molecule has 0 spiro atoms. The van der Waals surface area contributed by atoms with E-state index in [1.807, 2.05) is 0 Å². The number of carbonyl (C=O) groups excluding carboxylic acids is 3. The molecule has 2 aromatic carbocycles. The van der Waals surface area contributed by atoms with Crippen LogP contribution in [0.2, 0.25) is 0 Å². The first-order valence-corrected chi connectivity index (χ1v) is 7.71. The number of rotatable bonds is 5. The molecule has 25 heavy (non-hydrogen) atoms. The molecule has 1 atom stereocenters. The van der Waals surface area contributed by atoms with Gasteiger partial charge in [-0.3, -0.25) is 10.1 Å². The largest absolute Gasteiger partial charge is 0.444 e. The number of urea groups is 1. The number of imide groups is 1. The third-order valence-electron chi connectivity index (χ3n) is 3.29. The average molecular weight is 341 g/mol. The van der Waals surface area contributed by atoms with E-state index in [1.165, 1.54) is 12.1 Å². The van der Waals surface area contributed by atoms with Crippen molar-refractivity contribution in [1.82, 2.24) is 10.6 Å². The highest BCUT2D eigenvalue weighted by Crippen LogP contribution is 2.20. The molecule has 0 heterocycles. The fourth-order valence-electron chi connectivity index (χ4n) is 2.08. The molecule has 130 valence electrons. The lowest BCUT2D eigenvalue weighted by molar-refractivity contribution is -0.129. The second kappa shape index (κ2) is 8.49. The third kappa shape index (κ3) is 5.07. The molecule has 2 rings (SSSR count). The number of ether oxygens (including phenoxy) is 1. The van der Waals surface area contributed by atoms with Gasteiger partial charge >= 0.3 is 12.0 Å². The summed E-state index contributed by atoms with van der Waals surface area (Å²) >= 11 is 0. The van der Waals surface area contributed by atoms with Gasteiger partial charge in [0.25, 0.3) is 5.91 Å². The Hall–Kier alpha value is -3.35. The minimum Gasteiger partial charge on any atom is -0.444 e. The topological polar surface area (TPSA) is 111 Å². The normalized spacial score (nSPS) is 11.2. The Morgan fingerprint density at radius 1 is 1.04 bits per heavy atom. The second-order valence-electron chi connectivity index (χ2n) is 5.17. The number of carbonyl (C=O) groups is 3. The van der Waals surface area contributed by atoms with E-state index in [9.17, 15) is 14.4 Å². The van der Waals surface area contributed by atoms with E-state index in [-0.39, 0.29) is 5.56 Å². The van der Waals surface area contributed by atoms with Crippen LogP contribution in [0.4, 0.5) is 10.5 Å². The van der Waals surface area contributed by atoms with Crippen molar-refractivity contribution in [3.8, 4) is 0 Å². The fraction of sp³-hybridized carbons (Fsp3) is 0.167. The summed E-state index contributed by atoms with van der Waals surface area (Å²) in [6.45, 7) is 2.08. The van der Waals surface area contributed by atoms with E-state index in [1.54, 1.807) is 49.4 Å². The van der Waals surface area contributed by atoms with Crippen LogP contribution >= 0.6 is 0 Å². The van der Waals surface area contributed by atoms with Crippen LogP contribution in [0.5, 0.6) is 0 Å². The predicted molar refractivity (Wildman–Crippen MR) is 92.7 cm³/mol. The van der Waals surface area contributed by atoms with Crippen molar-refractivity contribution in [2.75, 3.05) is 12.3 Å². The SMILES string of the molecule is CCNC(=O)NC(=O)[C@H](OC(=O)c1ccc(N)cc1)c1ccccc1. The summed E-state index contributed by atoms with van der Waals surface area (Å²) < 4.78 is 5.33. The molecule has 0 saturated heterocycles. The molecule has 0 bridgehead atoms. The van der Waals surface area contributed by atoms with Gasteiger partial charge in [-0.15, -0.1) is 0 Å². The van der Waals surface area contributed by atoms with Gasteiger partial charge in [0.05, 0.1) is 5.56 Å². The van der Waals surface area contributed by atoms with Gasteiger partial charge in [-0.2, -0.15) is 0 Å². The van der Waals surface area contributed by atoms with Gasteiger partial charge in [-0.25, -0.2) is 9.59 Å². The molecular formula is C18H19N3O4. The Kier molecular flexibility index (Phi) is 6.11. The zero-order chi connectivity index (χ0) is 18.2. The number of hydrogen-bond donors (Lipinski definition) is 3. The highest BCUT2D eigenvalue weighted by Gasteiger charge is 2.27. The maximum Gasteiger partial charge on any atom is 0.339 e. The lowest BCUT2D eigenvalue weighted by Gasteiger charge is -2.17. The summed E-state index contributed by atoms with van der Waals surface area (Å²) in [6, 6.07) is 13.9. The van der Waals surface area contributed by atoms with E-state index in [2.05, 4.69) is 10.6 Å². The maximum absolute atomic E-state index is 12.4. The van der Waals surface area contributed by atoms with Gasteiger partial charge in [0.2, 0.25) is 6.10 Å². The number of benzene rings is 2. The first-order valence-electron chi connectivity index (χ1n) is 7.71. The first kappa shape index (κ1) is 18.0. The van der Waals surface area contributed by atoms with Crippen LogP contribution in [0.15, 0.2) is 54.6 Å². The van der Waals surface area contributed by atoms with Crippen molar-refractivity contribution in [1.29, 1.82) is 0 Å². The van der Waals surface area contributed by atoms with E-state index in [0.29, 0.717) is 17.8 Å². The maximum atomic E-state index is 12.4. The number of nitrogens with two attached hydrogens (primary N) is 1. The summed E-state index contributed by atoms with van der Waals surface area (Å²) in [5.41, 5.74) is 6.80. The van der Waals surface area contributed by atoms with Gasteiger partial charge in [-0.05, 0) is 31.2 Å². The standard InChI is InChI=1S/C18H19N3O4/c1-2-20-18(24)21-16(22)15(12-6-4-3-5-7-12)25-17(23)13-8-10-14(19)11-9-13/h3-11,15H,2,19H2,1H3,(H2,20,21,22,24)/t15-/m1/s1. The molecule has 3 amide bonds. The number of esters is 1. The molecule has 2 aromatic rings. The smallest absolute Gasteiger partial charge is 0.339 e. The monoisotopic (exact) mass is 341 g/mol. The van der Waals surface area contributed by atoms with Crippen molar-refractivity contribution < 1.29 is 19.1 Å². The molecule has 7 heteroatoms. The van der Waals surface area contributed by atoms with Crippen LogP contribution in [0.1, 0.15) is 28.9 Å². The number of nitrogens with one attached hydrogen (secondary N) is 2. The first-order chi connectivity index (χ1) is 12.0. The lowest BCUT2D eigenvalue weighted by atomic mass is 10.1. The zero-order valence-corrected chi connectivity index (χ0v) is 13.7. The minimum atomic E-state index is -1.26. The molecule has 0 aliphatic carbocycles. The number of amides is 3. The predicted octanol–water partition coefficient (Wildman–Crippen LogP) is 2.01. The summed E-state index contributed by atoms with van der Waals surface area (Å²) in [4.78, 5) is 36.3. The van der Waals surface area contributed by atoms with Gasteiger partial charge in [0, 0.05) is 17.8 Å². The molecule has 0 aromatic heterocycles. The Balaban J connectivity index is 2.20. The quantitative estimate of drug-likeness (QED) is 0.569.